The summed E-state index contributed by atoms with van der Waals surface area (Å²) in [5.41, 5.74) is 2.82. The van der Waals surface area contributed by atoms with Crippen molar-refractivity contribution >= 4 is 17.4 Å². The van der Waals surface area contributed by atoms with Gasteiger partial charge in [-0.3, -0.25) is 9.59 Å². The molecule has 134 valence electrons. The molecule has 4 heteroatoms. The van der Waals surface area contributed by atoms with Crippen LogP contribution in [0.5, 0.6) is 5.75 Å². The van der Waals surface area contributed by atoms with Crippen molar-refractivity contribution in [1.29, 1.82) is 0 Å². The van der Waals surface area contributed by atoms with Gasteiger partial charge < -0.3 is 10.1 Å². The van der Waals surface area contributed by atoms with Crippen LogP contribution in [0.4, 0.5) is 5.69 Å². The largest absolute Gasteiger partial charge is 0.492 e. The molecule has 1 heterocycles. The Morgan fingerprint density at radius 2 is 1.59 bits per heavy atom. The number of hydrogen-bond acceptors (Lipinski definition) is 3. The maximum atomic E-state index is 12.7. The fourth-order valence-corrected chi connectivity index (χ4v) is 3.24. The number of rotatable bonds is 4. The Morgan fingerprint density at radius 1 is 0.852 bits per heavy atom. The van der Waals surface area contributed by atoms with E-state index < -0.39 is 0 Å². The fraction of sp³-hybridized carbons (Fsp3) is 0.130. The number of carbonyl (C=O) groups excluding carboxylic acids is 2. The summed E-state index contributed by atoms with van der Waals surface area (Å²) in [6.45, 7) is 0.353. The smallest absolute Gasteiger partial charge is 0.231 e. The normalized spacial score (nSPS) is 15.3. The zero-order valence-electron chi connectivity index (χ0n) is 14.7. The third-order valence-electron chi connectivity index (χ3n) is 4.68. The molecule has 1 unspecified atom stereocenters. The molecule has 1 N–H and O–H groups in total. The van der Waals surface area contributed by atoms with Gasteiger partial charge in [0.25, 0.3) is 0 Å². The molecule has 0 radical (unpaired) electrons. The van der Waals surface area contributed by atoms with Gasteiger partial charge in [0.2, 0.25) is 5.91 Å². The lowest BCUT2D eigenvalue weighted by Crippen LogP contribution is -2.32. The molecule has 0 spiro atoms. The van der Waals surface area contributed by atoms with Gasteiger partial charge in [-0.25, -0.2) is 0 Å². The van der Waals surface area contributed by atoms with Gasteiger partial charge in [-0.2, -0.15) is 0 Å². The molecule has 27 heavy (non-hydrogen) atoms. The van der Waals surface area contributed by atoms with Crippen molar-refractivity contribution in [3.63, 3.8) is 0 Å². The van der Waals surface area contributed by atoms with Crippen molar-refractivity contribution in [2.45, 2.75) is 6.42 Å². The molecule has 0 aliphatic carbocycles. The highest BCUT2D eigenvalue weighted by Gasteiger charge is 2.26. The van der Waals surface area contributed by atoms with E-state index in [1.165, 1.54) is 0 Å². The highest BCUT2D eigenvalue weighted by atomic mass is 16.5. The molecule has 3 aromatic carbocycles. The van der Waals surface area contributed by atoms with Gasteiger partial charge in [0.1, 0.15) is 12.4 Å². The molecule has 0 aromatic heterocycles. The number of anilines is 1. The summed E-state index contributed by atoms with van der Waals surface area (Å²) < 4.78 is 5.70. The second-order valence-electron chi connectivity index (χ2n) is 6.58. The Balaban J connectivity index is 1.47. The van der Waals surface area contributed by atoms with Crippen LogP contribution in [0.3, 0.4) is 0 Å². The molecule has 0 bridgehead atoms. The minimum Gasteiger partial charge on any atom is -0.492 e. The van der Waals surface area contributed by atoms with E-state index in [2.05, 4.69) is 5.32 Å². The van der Waals surface area contributed by atoms with Crippen molar-refractivity contribution in [2.75, 3.05) is 11.9 Å². The lowest BCUT2D eigenvalue weighted by Gasteiger charge is -2.24. The van der Waals surface area contributed by atoms with Gasteiger partial charge in [0.05, 0.1) is 5.92 Å². The van der Waals surface area contributed by atoms with Gasteiger partial charge in [-0.15, -0.1) is 0 Å². The lowest BCUT2D eigenvalue weighted by atomic mass is 9.96. The van der Waals surface area contributed by atoms with Gasteiger partial charge in [0.15, 0.2) is 5.78 Å². The number of fused-ring (bicyclic) bond motifs is 1. The van der Waals surface area contributed by atoms with Crippen molar-refractivity contribution < 1.29 is 14.3 Å². The molecule has 4 nitrogen and oxygen atoms in total. The molecule has 0 saturated heterocycles. The maximum Gasteiger partial charge on any atom is 0.231 e. The van der Waals surface area contributed by atoms with Gasteiger partial charge in [-0.05, 0) is 30.2 Å². The van der Waals surface area contributed by atoms with Crippen molar-refractivity contribution in [3.05, 3.63) is 95.6 Å². The number of carbonyl (C=O) groups is 2. The summed E-state index contributed by atoms with van der Waals surface area (Å²) in [5.74, 6) is 0.417. The molecule has 1 aliphatic heterocycles. The molecule has 4 rings (SSSR count). The van der Waals surface area contributed by atoms with E-state index >= 15 is 0 Å². The highest BCUT2D eigenvalue weighted by molar-refractivity contribution is 6.09. The van der Waals surface area contributed by atoms with E-state index in [4.69, 9.17) is 4.74 Å². The van der Waals surface area contributed by atoms with Crippen LogP contribution in [-0.4, -0.2) is 18.3 Å². The zero-order valence-corrected chi connectivity index (χ0v) is 14.7. The van der Waals surface area contributed by atoms with Crippen molar-refractivity contribution in [3.8, 4) is 5.75 Å². The van der Waals surface area contributed by atoms with E-state index in [0.717, 1.165) is 11.3 Å². The molecule has 1 amide bonds. The summed E-state index contributed by atoms with van der Waals surface area (Å²) >= 11 is 0. The fourth-order valence-electron chi connectivity index (χ4n) is 3.24. The third-order valence-corrected chi connectivity index (χ3v) is 4.68. The third kappa shape index (κ3) is 3.75. The van der Waals surface area contributed by atoms with Gasteiger partial charge in [-0.1, -0.05) is 60.7 Å². The van der Waals surface area contributed by atoms with E-state index in [9.17, 15) is 9.59 Å². The monoisotopic (exact) mass is 357 g/mol. The van der Waals surface area contributed by atoms with Crippen LogP contribution in [0.1, 0.15) is 21.5 Å². The standard InChI is InChI=1S/C23H19NO3/c25-22(16-7-2-1-3-8-16)18-10-6-11-20(14-18)24-23(26)19-13-17-9-4-5-12-21(17)27-15-19/h1-12,14,19H,13,15H2,(H,24,26). The van der Waals surface area contributed by atoms with Crippen molar-refractivity contribution in [1.82, 2.24) is 0 Å². The Morgan fingerprint density at radius 3 is 2.44 bits per heavy atom. The summed E-state index contributed by atoms with van der Waals surface area (Å²) in [7, 11) is 0. The first-order valence-corrected chi connectivity index (χ1v) is 8.92. The number of benzene rings is 3. The van der Waals surface area contributed by atoms with Crippen LogP contribution in [0.25, 0.3) is 0 Å². The minimum atomic E-state index is -0.256. The Hall–Kier alpha value is -3.40. The van der Waals surface area contributed by atoms with Gasteiger partial charge in [0, 0.05) is 16.8 Å². The number of hydrogen-bond donors (Lipinski definition) is 1. The predicted molar refractivity (Wildman–Crippen MR) is 104 cm³/mol. The minimum absolute atomic E-state index is 0.0679. The average Bonchev–Trinajstić information content (AvgIpc) is 2.73. The summed E-state index contributed by atoms with van der Waals surface area (Å²) in [4.78, 5) is 25.2. The zero-order chi connectivity index (χ0) is 18.6. The van der Waals surface area contributed by atoms with Gasteiger partial charge >= 0.3 is 0 Å². The molecular weight excluding hydrogens is 338 g/mol. The van der Waals surface area contributed by atoms with E-state index in [1.54, 1.807) is 36.4 Å². The molecule has 3 aromatic rings. The van der Waals surface area contributed by atoms with Crippen LogP contribution in [0.15, 0.2) is 78.9 Å². The average molecular weight is 357 g/mol. The Bertz CT molecular complexity index is 982. The molecule has 1 atom stereocenters. The first kappa shape index (κ1) is 17.0. The summed E-state index contributed by atoms with van der Waals surface area (Å²) in [6.07, 6.45) is 0.643. The number of para-hydroxylation sites is 1. The van der Waals surface area contributed by atoms with Crippen LogP contribution in [0, 0.1) is 5.92 Å². The molecule has 1 aliphatic rings. The number of nitrogens with one attached hydrogen (secondary N) is 1. The number of ketones is 1. The maximum absolute atomic E-state index is 12.7. The Kier molecular flexibility index (Phi) is 4.71. The quantitative estimate of drug-likeness (QED) is 0.715. The summed E-state index contributed by atoms with van der Waals surface area (Å²) in [6, 6.07) is 23.9. The summed E-state index contributed by atoms with van der Waals surface area (Å²) in [5, 5.41) is 2.92. The molecule has 0 fully saturated rings. The van der Waals surface area contributed by atoms with Crippen LogP contribution < -0.4 is 10.1 Å². The number of ether oxygens (including phenoxy) is 1. The Labute approximate surface area is 157 Å². The van der Waals surface area contributed by atoms with Crippen LogP contribution >= 0.6 is 0 Å². The molecule has 0 saturated carbocycles. The van der Waals surface area contributed by atoms with E-state index in [-0.39, 0.29) is 17.6 Å². The van der Waals surface area contributed by atoms with E-state index in [1.807, 2.05) is 42.5 Å². The van der Waals surface area contributed by atoms with E-state index in [0.29, 0.717) is 29.8 Å². The van der Waals surface area contributed by atoms with Crippen LogP contribution in [-0.2, 0) is 11.2 Å². The topological polar surface area (TPSA) is 55.4 Å². The lowest BCUT2D eigenvalue weighted by molar-refractivity contribution is -0.121. The second-order valence-corrected chi connectivity index (χ2v) is 6.58. The first-order chi connectivity index (χ1) is 13.2. The second kappa shape index (κ2) is 7.46. The number of amides is 1. The first-order valence-electron chi connectivity index (χ1n) is 8.92. The highest BCUT2D eigenvalue weighted by Crippen LogP contribution is 2.27. The van der Waals surface area contributed by atoms with Crippen molar-refractivity contribution in [2.24, 2.45) is 5.92 Å². The molecular formula is C23H19NO3. The van der Waals surface area contributed by atoms with Crippen LogP contribution in [0.2, 0.25) is 0 Å². The predicted octanol–water partition coefficient (Wildman–Crippen LogP) is 4.11. The SMILES string of the molecule is O=C(c1ccccc1)c1cccc(NC(=O)C2COc3ccccc3C2)c1.